The van der Waals surface area contributed by atoms with Gasteiger partial charge in [0.05, 0.1) is 0 Å². The van der Waals surface area contributed by atoms with Gasteiger partial charge in [-0.25, -0.2) is 19.1 Å². The van der Waals surface area contributed by atoms with Crippen molar-refractivity contribution >= 4 is 15.2 Å². The van der Waals surface area contributed by atoms with Gasteiger partial charge >= 0.3 is 0 Å². The fourth-order valence-corrected chi connectivity index (χ4v) is 3.22. The van der Waals surface area contributed by atoms with Crippen molar-refractivity contribution in [2.45, 2.75) is 0 Å². The molecule has 0 unspecified atom stereocenters. The van der Waals surface area contributed by atoms with E-state index in [0.717, 1.165) is 0 Å². The van der Waals surface area contributed by atoms with E-state index in [1.807, 2.05) is 42.3 Å². The predicted octanol–water partition coefficient (Wildman–Crippen LogP) is 0.0106. The summed E-state index contributed by atoms with van der Waals surface area (Å²) in [4.78, 5) is 0. The second-order valence-electron chi connectivity index (χ2n) is 3.99. The molecule has 0 fully saturated rings. The van der Waals surface area contributed by atoms with Gasteiger partial charge in [0.15, 0.2) is 0 Å². The van der Waals surface area contributed by atoms with E-state index >= 15 is 0 Å². The van der Waals surface area contributed by atoms with Crippen LogP contribution in [0.15, 0.2) is 0 Å². The summed E-state index contributed by atoms with van der Waals surface area (Å²) >= 11 is 0. The molecule has 0 saturated heterocycles. The highest BCUT2D eigenvalue weighted by atomic mass is 31.2. The fourth-order valence-electron chi connectivity index (χ4n) is 1.07. The highest BCUT2D eigenvalue weighted by Crippen LogP contribution is 2.50. The molecule has 0 atom stereocenters. The highest BCUT2D eigenvalue weighted by molar-refractivity contribution is 7.56. The second-order valence-corrected chi connectivity index (χ2v) is 9.28. The van der Waals surface area contributed by atoms with Crippen molar-refractivity contribution < 1.29 is 9.13 Å². The Kier molecular flexibility index (Phi) is 8.75. The molecule has 0 bridgehead atoms. The number of nitrogens with zero attached hydrogens (tertiary/aromatic N) is 3. The summed E-state index contributed by atoms with van der Waals surface area (Å²) in [6, 6.07) is 0. The minimum absolute atomic E-state index is 1.45. The first kappa shape index (κ1) is 19.6. The van der Waals surface area contributed by atoms with Crippen LogP contribution in [0.3, 0.4) is 0 Å². The highest BCUT2D eigenvalue weighted by Gasteiger charge is 2.30. The van der Waals surface area contributed by atoms with Crippen molar-refractivity contribution in [1.82, 2.24) is 19.1 Å². The van der Waals surface area contributed by atoms with Crippen molar-refractivity contribution in [1.29, 1.82) is 0 Å². The van der Waals surface area contributed by atoms with Crippen LogP contribution in [0.1, 0.15) is 0 Å². The molecule has 0 rings (SSSR count). The van der Waals surface area contributed by atoms with Gasteiger partial charge < -0.3 is 0 Å². The number of nitrogens with two attached hydrogens (primary N) is 2. The Labute approximate surface area is 104 Å². The van der Waals surface area contributed by atoms with Crippen LogP contribution in [0.5, 0.6) is 0 Å². The van der Waals surface area contributed by atoms with E-state index in [0.29, 0.717) is 0 Å². The maximum atomic E-state index is 12.1. The molecule has 0 aliphatic carbocycles. The molecule has 8 nitrogen and oxygen atoms in total. The molecule has 0 spiro atoms. The molecule has 0 amide bonds. The monoisotopic (exact) mass is 288 g/mol. The smallest absolute Gasteiger partial charge is 0.271 e. The van der Waals surface area contributed by atoms with E-state index in [1.54, 1.807) is 14.0 Å². The Hall–Kier alpha value is 0.220. The molecular formula is C7H26N6O2P2. The number of hydrogen-bond donors (Lipinski definition) is 3. The quantitative estimate of drug-likeness (QED) is 0.621. The van der Waals surface area contributed by atoms with Gasteiger partial charge in [-0.1, -0.05) is 0 Å². The van der Waals surface area contributed by atoms with Crippen LogP contribution in [0.25, 0.3) is 0 Å². The predicted molar refractivity (Wildman–Crippen MR) is 73.7 cm³/mol. The maximum absolute atomic E-state index is 12.1. The van der Waals surface area contributed by atoms with Crippen molar-refractivity contribution in [3.8, 4) is 0 Å². The zero-order valence-corrected chi connectivity index (χ0v) is 13.5. The summed E-state index contributed by atoms with van der Waals surface area (Å²) < 4.78 is 27.3. The summed E-state index contributed by atoms with van der Waals surface area (Å²) in [6.07, 6.45) is 0. The van der Waals surface area contributed by atoms with E-state index in [9.17, 15) is 9.13 Å². The van der Waals surface area contributed by atoms with Crippen molar-refractivity contribution in [3.05, 3.63) is 0 Å². The zero-order chi connectivity index (χ0) is 14.4. The van der Waals surface area contributed by atoms with E-state index in [1.165, 1.54) is 7.05 Å². The molecular weight excluding hydrogens is 262 g/mol. The molecule has 5 N–H and O–H groups in total. The fraction of sp³-hybridized carbons (Fsp3) is 1.00. The normalized spacial score (nSPS) is 12.9. The lowest BCUT2D eigenvalue weighted by atomic mass is 11.2. The van der Waals surface area contributed by atoms with Gasteiger partial charge in [0.2, 0.25) is 0 Å². The Balaban J connectivity index is 0. The van der Waals surface area contributed by atoms with Gasteiger partial charge in [-0.3, -0.25) is 20.1 Å². The first-order valence-electron chi connectivity index (χ1n) is 4.89. The van der Waals surface area contributed by atoms with Gasteiger partial charge in [0.1, 0.15) is 0 Å². The zero-order valence-electron chi connectivity index (χ0n) is 11.7. The van der Waals surface area contributed by atoms with E-state index in [-0.39, 0.29) is 0 Å². The Morgan fingerprint density at radius 3 is 1.00 bits per heavy atom. The van der Waals surface area contributed by atoms with Gasteiger partial charge in [0, 0.05) is 0 Å². The Bertz CT molecular complexity index is 272. The second kappa shape index (κ2) is 7.61. The topological polar surface area (TPSA) is 108 Å². The minimum atomic E-state index is -2.90. The third kappa shape index (κ3) is 7.28. The first-order valence-corrected chi connectivity index (χ1v) is 8.30. The largest absolute Gasteiger partial charge is 0.285 e. The van der Waals surface area contributed by atoms with Gasteiger partial charge in [-0.2, -0.15) is 0 Å². The Morgan fingerprint density at radius 1 is 0.824 bits per heavy atom. The Morgan fingerprint density at radius 2 is 1.00 bits per heavy atom. The van der Waals surface area contributed by atoms with Crippen LogP contribution in [0, 0.1) is 0 Å². The van der Waals surface area contributed by atoms with Gasteiger partial charge in [0.25, 0.3) is 15.2 Å². The third-order valence-corrected chi connectivity index (χ3v) is 5.74. The molecule has 0 aromatic heterocycles. The van der Waals surface area contributed by atoms with Crippen molar-refractivity contribution in [3.63, 3.8) is 0 Å². The van der Waals surface area contributed by atoms with Crippen LogP contribution >= 0.6 is 15.2 Å². The first-order chi connectivity index (χ1) is 7.39. The molecule has 10 heteroatoms. The molecule has 17 heavy (non-hydrogen) atoms. The number of hydrogen-bond acceptors (Lipinski definition) is 2. The molecule has 106 valence electrons. The lowest BCUT2D eigenvalue weighted by Crippen LogP contribution is -2.30. The molecule has 0 aromatic carbocycles. The van der Waals surface area contributed by atoms with Crippen LogP contribution in [-0.2, 0) is 9.13 Å². The lowest BCUT2D eigenvalue weighted by Gasteiger charge is -2.34. The standard InChI is InChI=1S/C6H18N3OP.CH8N3OP/c1-7(2)11(10,8(3)4)9(5)6;1-4-6(2,3)5/h1-6H3;1H3,(H5,2,3,4,5). The summed E-state index contributed by atoms with van der Waals surface area (Å²) in [5.41, 5.74) is 9.51. The SMILES string of the molecule is CN(C)P(=O)(N(C)C)N(C)C.CNP(N)(N)=O. The molecule has 0 saturated carbocycles. The van der Waals surface area contributed by atoms with Crippen LogP contribution in [0.4, 0.5) is 0 Å². The van der Waals surface area contributed by atoms with Crippen LogP contribution in [-0.4, -0.2) is 63.3 Å². The molecule has 0 aromatic rings. The molecule has 0 heterocycles. The van der Waals surface area contributed by atoms with Gasteiger partial charge in [-0.15, -0.1) is 0 Å². The van der Waals surface area contributed by atoms with Gasteiger partial charge in [-0.05, 0) is 49.3 Å². The maximum Gasteiger partial charge on any atom is 0.285 e. The van der Waals surface area contributed by atoms with Crippen LogP contribution < -0.4 is 16.1 Å². The van der Waals surface area contributed by atoms with E-state index in [2.05, 4.69) is 5.09 Å². The molecule has 0 aliphatic heterocycles. The number of nitrogens with one attached hydrogen (secondary N) is 1. The average Bonchev–Trinajstić information content (AvgIpc) is 2.15. The molecule has 0 aliphatic rings. The average molecular weight is 288 g/mol. The minimum Gasteiger partial charge on any atom is -0.271 e. The van der Waals surface area contributed by atoms with E-state index < -0.39 is 15.2 Å². The van der Waals surface area contributed by atoms with E-state index in [4.69, 9.17) is 11.0 Å². The summed E-state index contributed by atoms with van der Waals surface area (Å²) in [7, 11) is 7.03. The number of rotatable bonds is 4. The van der Waals surface area contributed by atoms with Crippen molar-refractivity contribution in [2.75, 3.05) is 49.3 Å². The van der Waals surface area contributed by atoms with Crippen molar-refractivity contribution in [2.24, 2.45) is 11.0 Å². The summed E-state index contributed by atoms with van der Waals surface area (Å²) in [6.45, 7) is 0. The summed E-state index contributed by atoms with van der Waals surface area (Å²) in [5, 5.41) is 2.22. The molecule has 0 radical (unpaired) electrons. The summed E-state index contributed by atoms with van der Waals surface area (Å²) in [5.74, 6) is 0. The third-order valence-electron chi connectivity index (χ3n) is 1.91. The lowest BCUT2D eigenvalue weighted by molar-refractivity contribution is 0.383. The van der Waals surface area contributed by atoms with Crippen LogP contribution in [0.2, 0.25) is 0 Å².